The first-order chi connectivity index (χ1) is 9.79. The summed E-state index contributed by atoms with van der Waals surface area (Å²) >= 11 is 0. The second kappa shape index (κ2) is 7.32. The summed E-state index contributed by atoms with van der Waals surface area (Å²) in [6, 6.07) is 14.1. The van der Waals surface area contributed by atoms with Gasteiger partial charge in [0.15, 0.2) is 0 Å². The Hall–Kier alpha value is -2.31. The summed E-state index contributed by atoms with van der Waals surface area (Å²) in [7, 11) is 0. The van der Waals surface area contributed by atoms with Crippen molar-refractivity contribution in [1.82, 2.24) is 0 Å². The fourth-order valence-corrected chi connectivity index (χ4v) is 1.81. The van der Waals surface area contributed by atoms with Crippen LogP contribution in [0.3, 0.4) is 0 Å². The number of hydrogen-bond donors (Lipinski definition) is 1. The Morgan fingerprint density at radius 2 is 1.90 bits per heavy atom. The lowest BCUT2D eigenvalue weighted by atomic mass is 10.1. The Morgan fingerprint density at radius 1 is 1.10 bits per heavy atom. The average Bonchev–Trinajstić information content (AvgIpc) is 2.47. The van der Waals surface area contributed by atoms with Crippen molar-refractivity contribution in [1.29, 1.82) is 0 Å². The molecule has 2 N–H and O–H groups in total. The van der Waals surface area contributed by atoms with Gasteiger partial charge >= 0.3 is 0 Å². The summed E-state index contributed by atoms with van der Waals surface area (Å²) in [4.78, 5) is 0. The van der Waals surface area contributed by atoms with Gasteiger partial charge in [-0.25, -0.2) is 4.39 Å². The van der Waals surface area contributed by atoms with Crippen molar-refractivity contribution in [2.24, 2.45) is 5.73 Å². The van der Waals surface area contributed by atoms with Gasteiger partial charge in [0.1, 0.15) is 18.2 Å². The lowest BCUT2D eigenvalue weighted by molar-refractivity contribution is 0.365. The van der Waals surface area contributed by atoms with Gasteiger partial charge in [-0.15, -0.1) is 0 Å². The van der Waals surface area contributed by atoms with Gasteiger partial charge in [-0.2, -0.15) is 0 Å². The van der Waals surface area contributed by atoms with Crippen LogP contribution in [0.2, 0.25) is 0 Å². The molecule has 0 aliphatic carbocycles. The maximum absolute atomic E-state index is 13.2. The zero-order chi connectivity index (χ0) is 14.2. The van der Waals surface area contributed by atoms with Crippen LogP contribution in [-0.2, 0) is 6.42 Å². The van der Waals surface area contributed by atoms with E-state index in [2.05, 4.69) is 11.8 Å². The molecule has 0 heterocycles. The first kappa shape index (κ1) is 14.1. The Balaban J connectivity index is 1.99. The Bertz CT molecular complexity index is 614. The summed E-state index contributed by atoms with van der Waals surface area (Å²) in [6.07, 6.45) is 0.583. The molecule has 0 aliphatic rings. The normalized spacial score (nSPS) is 9.70. The van der Waals surface area contributed by atoms with E-state index >= 15 is 0 Å². The van der Waals surface area contributed by atoms with Crippen LogP contribution in [0.15, 0.2) is 48.5 Å². The zero-order valence-corrected chi connectivity index (χ0v) is 11.1. The van der Waals surface area contributed by atoms with Crippen LogP contribution in [0.5, 0.6) is 5.75 Å². The number of hydrogen-bond acceptors (Lipinski definition) is 2. The Kier molecular flexibility index (Phi) is 5.16. The predicted molar refractivity (Wildman–Crippen MR) is 78.0 cm³/mol. The molecule has 3 heteroatoms. The number of benzene rings is 2. The van der Waals surface area contributed by atoms with Gasteiger partial charge in [0.25, 0.3) is 0 Å². The third-order valence-electron chi connectivity index (χ3n) is 2.74. The van der Waals surface area contributed by atoms with Gasteiger partial charge in [0.05, 0.1) is 0 Å². The molecule has 0 spiro atoms. The van der Waals surface area contributed by atoms with Crippen LogP contribution in [0.1, 0.15) is 11.1 Å². The lowest BCUT2D eigenvalue weighted by Gasteiger charge is -2.08. The minimum Gasteiger partial charge on any atom is -0.481 e. The van der Waals surface area contributed by atoms with Gasteiger partial charge in [-0.3, -0.25) is 0 Å². The maximum atomic E-state index is 13.2. The van der Waals surface area contributed by atoms with Crippen molar-refractivity contribution < 1.29 is 9.13 Å². The van der Waals surface area contributed by atoms with Crippen molar-refractivity contribution in [3.8, 4) is 17.6 Å². The molecule has 0 amide bonds. The maximum Gasteiger partial charge on any atom is 0.149 e. The standard InChI is InChI=1S/C17H16FNO/c18-16-8-9-17(15(13-16)10-11-19)20-12-4-7-14-5-2-1-3-6-14/h1-3,5-6,8-9,13H,10-12,19H2. The molecule has 2 aromatic rings. The van der Waals surface area contributed by atoms with E-state index in [1.54, 1.807) is 6.07 Å². The number of nitrogens with two attached hydrogens (primary N) is 1. The van der Waals surface area contributed by atoms with E-state index in [1.807, 2.05) is 30.3 Å². The minimum absolute atomic E-state index is 0.262. The fraction of sp³-hybridized carbons (Fsp3) is 0.176. The van der Waals surface area contributed by atoms with E-state index in [0.717, 1.165) is 11.1 Å². The van der Waals surface area contributed by atoms with Gasteiger partial charge in [0, 0.05) is 5.56 Å². The summed E-state index contributed by atoms with van der Waals surface area (Å²) in [5.74, 6) is 6.30. The van der Waals surface area contributed by atoms with E-state index in [9.17, 15) is 4.39 Å². The average molecular weight is 269 g/mol. The first-order valence-corrected chi connectivity index (χ1v) is 6.45. The molecule has 0 aromatic heterocycles. The van der Waals surface area contributed by atoms with E-state index in [4.69, 9.17) is 10.5 Å². The van der Waals surface area contributed by atoms with Gasteiger partial charge in [-0.05, 0) is 48.9 Å². The molecule has 0 fully saturated rings. The number of ether oxygens (including phenoxy) is 1. The zero-order valence-electron chi connectivity index (χ0n) is 11.1. The molecule has 20 heavy (non-hydrogen) atoms. The summed E-state index contributed by atoms with van der Waals surface area (Å²) in [5, 5.41) is 0. The second-order valence-corrected chi connectivity index (χ2v) is 4.25. The third kappa shape index (κ3) is 4.11. The third-order valence-corrected chi connectivity index (χ3v) is 2.74. The fourth-order valence-electron chi connectivity index (χ4n) is 1.81. The predicted octanol–water partition coefficient (Wildman–Crippen LogP) is 2.76. The van der Waals surface area contributed by atoms with Crippen LogP contribution in [0.4, 0.5) is 4.39 Å². The topological polar surface area (TPSA) is 35.2 Å². The molecule has 0 saturated heterocycles. The largest absolute Gasteiger partial charge is 0.481 e. The lowest BCUT2D eigenvalue weighted by Crippen LogP contribution is -2.06. The van der Waals surface area contributed by atoms with Crippen molar-refractivity contribution in [3.05, 3.63) is 65.5 Å². The molecular formula is C17H16FNO. The molecule has 2 nitrogen and oxygen atoms in total. The van der Waals surface area contributed by atoms with Crippen LogP contribution in [0, 0.1) is 17.7 Å². The van der Waals surface area contributed by atoms with Crippen molar-refractivity contribution in [2.45, 2.75) is 6.42 Å². The molecule has 0 atom stereocenters. The molecule has 0 unspecified atom stereocenters. The summed E-state index contributed by atoms with van der Waals surface area (Å²) in [5.41, 5.74) is 7.22. The number of halogens is 1. The molecule has 2 rings (SSSR count). The highest BCUT2D eigenvalue weighted by atomic mass is 19.1. The van der Waals surface area contributed by atoms with Gasteiger partial charge < -0.3 is 10.5 Å². The van der Waals surface area contributed by atoms with Crippen LogP contribution in [-0.4, -0.2) is 13.2 Å². The molecule has 0 aliphatic heterocycles. The summed E-state index contributed by atoms with van der Waals surface area (Å²) in [6.45, 7) is 0.716. The molecule has 2 aromatic carbocycles. The van der Waals surface area contributed by atoms with Crippen LogP contribution < -0.4 is 10.5 Å². The van der Waals surface area contributed by atoms with Crippen molar-refractivity contribution >= 4 is 0 Å². The molecule has 102 valence electrons. The van der Waals surface area contributed by atoms with E-state index in [0.29, 0.717) is 18.7 Å². The quantitative estimate of drug-likeness (QED) is 0.866. The molecule has 0 radical (unpaired) electrons. The SMILES string of the molecule is NCCc1cc(F)ccc1OCC#Cc1ccccc1. The van der Waals surface area contributed by atoms with E-state index < -0.39 is 0 Å². The van der Waals surface area contributed by atoms with Gasteiger partial charge in [-0.1, -0.05) is 30.0 Å². The van der Waals surface area contributed by atoms with Crippen molar-refractivity contribution in [3.63, 3.8) is 0 Å². The Labute approximate surface area is 118 Å². The Morgan fingerprint density at radius 3 is 2.65 bits per heavy atom. The van der Waals surface area contributed by atoms with Crippen LogP contribution >= 0.6 is 0 Å². The highest BCUT2D eigenvalue weighted by Gasteiger charge is 2.04. The molecule has 0 bridgehead atoms. The van der Waals surface area contributed by atoms with Crippen molar-refractivity contribution in [2.75, 3.05) is 13.2 Å². The highest BCUT2D eigenvalue weighted by Crippen LogP contribution is 2.19. The van der Waals surface area contributed by atoms with E-state index in [-0.39, 0.29) is 12.4 Å². The number of rotatable bonds is 4. The molecular weight excluding hydrogens is 253 g/mol. The first-order valence-electron chi connectivity index (χ1n) is 6.45. The molecule has 0 saturated carbocycles. The second-order valence-electron chi connectivity index (χ2n) is 4.25. The van der Waals surface area contributed by atoms with E-state index in [1.165, 1.54) is 12.1 Å². The minimum atomic E-state index is -0.281. The smallest absolute Gasteiger partial charge is 0.149 e. The van der Waals surface area contributed by atoms with Crippen LogP contribution in [0.25, 0.3) is 0 Å². The summed E-state index contributed by atoms with van der Waals surface area (Å²) < 4.78 is 18.7. The monoisotopic (exact) mass is 269 g/mol. The highest BCUT2D eigenvalue weighted by molar-refractivity contribution is 5.36. The van der Waals surface area contributed by atoms with Gasteiger partial charge in [0.2, 0.25) is 0 Å².